The number of hydrogen-bond acceptors (Lipinski definition) is 9. The zero-order valence-corrected chi connectivity index (χ0v) is 18.4. The maximum absolute atomic E-state index is 12.2. The molecule has 0 radical (unpaired) electrons. The van der Waals surface area contributed by atoms with Crippen molar-refractivity contribution >= 4 is 16.7 Å². The predicted octanol–water partition coefficient (Wildman–Crippen LogP) is 4.04. The number of ether oxygens (including phenoxy) is 5. The molecule has 0 spiro atoms. The maximum atomic E-state index is 12.2. The van der Waals surface area contributed by atoms with Crippen molar-refractivity contribution in [2.45, 2.75) is 6.61 Å². The number of esters is 1. The van der Waals surface area contributed by atoms with Gasteiger partial charge in [-0.15, -0.1) is 10.2 Å². The van der Waals surface area contributed by atoms with Gasteiger partial charge in [-0.25, -0.2) is 4.79 Å². The SMILES string of the molecule is COc1cc(-c2nnc(COC(=O)COc3cccc4ccccc34)o2)cc(OC)c1OC. The molecule has 1 aromatic heterocycles. The molecule has 9 heteroatoms. The van der Waals surface area contributed by atoms with Crippen molar-refractivity contribution in [1.82, 2.24) is 10.2 Å². The average molecular weight is 450 g/mol. The van der Waals surface area contributed by atoms with Crippen LogP contribution in [0, 0.1) is 0 Å². The van der Waals surface area contributed by atoms with Crippen LogP contribution >= 0.6 is 0 Å². The Morgan fingerprint density at radius 3 is 2.33 bits per heavy atom. The van der Waals surface area contributed by atoms with E-state index in [-0.39, 0.29) is 25.0 Å². The number of nitrogens with zero attached hydrogens (tertiary/aromatic N) is 2. The molecule has 0 aliphatic rings. The van der Waals surface area contributed by atoms with Gasteiger partial charge in [-0.05, 0) is 23.6 Å². The van der Waals surface area contributed by atoms with E-state index in [0.717, 1.165) is 10.8 Å². The third-order valence-electron chi connectivity index (χ3n) is 4.83. The van der Waals surface area contributed by atoms with Crippen molar-refractivity contribution < 1.29 is 32.9 Å². The standard InChI is InChI=1S/C24H22N2O7/c1-28-19-11-16(12-20(29-2)23(19)30-3)24-26-25-21(33-24)13-32-22(27)14-31-18-10-6-8-15-7-4-5-9-17(15)18/h4-12H,13-14H2,1-3H3. The summed E-state index contributed by atoms with van der Waals surface area (Å²) in [5, 5.41) is 9.88. The molecule has 170 valence electrons. The number of benzene rings is 3. The van der Waals surface area contributed by atoms with Crippen LogP contribution < -0.4 is 18.9 Å². The maximum Gasteiger partial charge on any atom is 0.344 e. The summed E-state index contributed by atoms with van der Waals surface area (Å²) in [6.07, 6.45) is 0. The summed E-state index contributed by atoms with van der Waals surface area (Å²) in [7, 11) is 4.55. The second kappa shape index (κ2) is 9.90. The highest BCUT2D eigenvalue weighted by Crippen LogP contribution is 2.40. The van der Waals surface area contributed by atoms with Crippen molar-refractivity contribution in [3.63, 3.8) is 0 Å². The van der Waals surface area contributed by atoms with Gasteiger partial charge in [0, 0.05) is 10.9 Å². The van der Waals surface area contributed by atoms with Crippen LogP contribution in [0.1, 0.15) is 5.89 Å². The number of rotatable bonds is 9. The van der Waals surface area contributed by atoms with Gasteiger partial charge >= 0.3 is 5.97 Å². The first-order chi connectivity index (χ1) is 16.1. The van der Waals surface area contributed by atoms with E-state index in [9.17, 15) is 4.79 Å². The molecule has 3 aromatic carbocycles. The van der Waals surface area contributed by atoms with Gasteiger partial charge in [0.15, 0.2) is 24.7 Å². The van der Waals surface area contributed by atoms with Crippen molar-refractivity contribution in [1.29, 1.82) is 0 Å². The molecular weight excluding hydrogens is 428 g/mol. The quantitative estimate of drug-likeness (QED) is 0.350. The fourth-order valence-electron chi connectivity index (χ4n) is 3.28. The Morgan fingerprint density at radius 2 is 1.61 bits per heavy atom. The van der Waals surface area contributed by atoms with E-state index in [0.29, 0.717) is 28.6 Å². The topological polar surface area (TPSA) is 102 Å². The van der Waals surface area contributed by atoms with Crippen molar-refractivity contribution in [3.05, 3.63) is 60.5 Å². The van der Waals surface area contributed by atoms with Gasteiger partial charge in [0.25, 0.3) is 5.89 Å². The predicted molar refractivity (Wildman–Crippen MR) is 119 cm³/mol. The first kappa shape index (κ1) is 21.9. The molecule has 33 heavy (non-hydrogen) atoms. The van der Waals surface area contributed by atoms with E-state index in [1.165, 1.54) is 21.3 Å². The number of aromatic nitrogens is 2. The highest BCUT2D eigenvalue weighted by atomic mass is 16.6. The molecular formula is C24H22N2O7. The minimum absolute atomic E-state index is 0.136. The summed E-state index contributed by atoms with van der Waals surface area (Å²) in [5.41, 5.74) is 0.564. The second-order valence-corrected chi connectivity index (χ2v) is 6.84. The summed E-state index contributed by atoms with van der Waals surface area (Å²) in [6, 6.07) is 16.8. The van der Waals surface area contributed by atoms with Crippen molar-refractivity contribution in [3.8, 4) is 34.5 Å². The van der Waals surface area contributed by atoms with Gasteiger partial charge in [0.05, 0.1) is 21.3 Å². The van der Waals surface area contributed by atoms with E-state index in [1.807, 2.05) is 36.4 Å². The lowest BCUT2D eigenvalue weighted by molar-refractivity contribution is -0.148. The third-order valence-corrected chi connectivity index (χ3v) is 4.83. The van der Waals surface area contributed by atoms with Crippen LogP contribution in [0.5, 0.6) is 23.0 Å². The Balaban J connectivity index is 1.38. The van der Waals surface area contributed by atoms with Gasteiger partial charge in [0.1, 0.15) is 5.75 Å². The summed E-state index contributed by atoms with van der Waals surface area (Å²) >= 11 is 0. The molecule has 0 fully saturated rings. The zero-order chi connectivity index (χ0) is 23.2. The van der Waals surface area contributed by atoms with E-state index in [1.54, 1.807) is 18.2 Å². The molecule has 0 saturated heterocycles. The van der Waals surface area contributed by atoms with Crippen LogP contribution in [0.15, 0.2) is 59.0 Å². The molecule has 0 bridgehead atoms. The zero-order valence-electron chi connectivity index (χ0n) is 18.4. The lowest BCUT2D eigenvalue weighted by Crippen LogP contribution is -2.15. The Kier molecular flexibility index (Phi) is 6.58. The van der Waals surface area contributed by atoms with E-state index in [2.05, 4.69) is 10.2 Å². The fraction of sp³-hybridized carbons (Fsp3) is 0.208. The van der Waals surface area contributed by atoms with Crippen molar-refractivity contribution in [2.24, 2.45) is 0 Å². The van der Waals surface area contributed by atoms with Crippen LogP contribution in [0.4, 0.5) is 0 Å². The summed E-state index contributed by atoms with van der Waals surface area (Å²) in [4.78, 5) is 12.2. The van der Waals surface area contributed by atoms with Crippen LogP contribution in [0.2, 0.25) is 0 Å². The molecule has 1 heterocycles. The number of carbonyl (C=O) groups excluding carboxylic acids is 1. The van der Waals surface area contributed by atoms with E-state index < -0.39 is 5.97 Å². The lowest BCUT2D eigenvalue weighted by Gasteiger charge is -2.12. The van der Waals surface area contributed by atoms with E-state index >= 15 is 0 Å². The molecule has 0 aliphatic carbocycles. The van der Waals surface area contributed by atoms with Gasteiger partial charge in [-0.1, -0.05) is 36.4 Å². The number of hydrogen-bond donors (Lipinski definition) is 0. The molecule has 4 rings (SSSR count). The molecule has 4 aromatic rings. The third kappa shape index (κ3) is 4.82. The minimum Gasteiger partial charge on any atom is -0.493 e. The largest absolute Gasteiger partial charge is 0.493 e. The Labute approximate surface area is 189 Å². The average Bonchev–Trinajstić information content (AvgIpc) is 3.34. The summed E-state index contributed by atoms with van der Waals surface area (Å²) < 4.78 is 32.5. The number of fused-ring (bicyclic) bond motifs is 1. The highest BCUT2D eigenvalue weighted by molar-refractivity contribution is 5.88. The normalized spacial score (nSPS) is 10.6. The first-order valence-corrected chi connectivity index (χ1v) is 10.0. The fourth-order valence-corrected chi connectivity index (χ4v) is 3.28. The van der Waals surface area contributed by atoms with E-state index in [4.69, 9.17) is 28.1 Å². The van der Waals surface area contributed by atoms with Crippen LogP contribution in [-0.4, -0.2) is 44.1 Å². The number of methoxy groups -OCH3 is 3. The van der Waals surface area contributed by atoms with Crippen molar-refractivity contribution in [2.75, 3.05) is 27.9 Å². The van der Waals surface area contributed by atoms with Crippen LogP contribution in [0.25, 0.3) is 22.2 Å². The molecule has 0 N–H and O–H groups in total. The van der Waals surface area contributed by atoms with Gasteiger partial charge < -0.3 is 28.1 Å². The Bertz CT molecular complexity index is 1240. The molecule has 0 saturated carbocycles. The Morgan fingerprint density at radius 1 is 0.879 bits per heavy atom. The van der Waals surface area contributed by atoms with Crippen LogP contribution in [-0.2, 0) is 16.1 Å². The molecule has 0 unspecified atom stereocenters. The Hall–Kier alpha value is -4.27. The summed E-state index contributed by atoms with van der Waals surface area (Å²) in [6.45, 7) is -0.433. The first-order valence-electron chi connectivity index (χ1n) is 10.0. The second-order valence-electron chi connectivity index (χ2n) is 6.84. The molecule has 0 amide bonds. The van der Waals surface area contributed by atoms with Gasteiger partial charge in [-0.2, -0.15) is 0 Å². The summed E-state index contributed by atoms with van der Waals surface area (Å²) in [5.74, 6) is 1.74. The monoisotopic (exact) mass is 450 g/mol. The van der Waals surface area contributed by atoms with Crippen LogP contribution in [0.3, 0.4) is 0 Å². The van der Waals surface area contributed by atoms with Gasteiger partial charge in [-0.3, -0.25) is 0 Å². The van der Waals surface area contributed by atoms with Gasteiger partial charge in [0.2, 0.25) is 11.6 Å². The highest BCUT2D eigenvalue weighted by Gasteiger charge is 2.18. The number of carbonyl (C=O) groups is 1. The minimum atomic E-state index is -0.560. The lowest BCUT2D eigenvalue weighted by atomic mass is 10.1. The molecule has 0 aliphatic heterocycles. The molecule has 9 nitrogen and oxygen atoms in total. The molecule has 0 atom stereocenters. The smallest absolute Gasteiger partial charge is 0.344 e.